The van der Waals surface area contributed by atoms with Crippen LogP contribution < -0.4 is 0 Å². The summed E-state index contributed by atoms with van der Waals surface area (Å²) in [5.74, 6) is -0.317. The Morgan fingerprint density at radius 3 is 2.56 bits per heavy atom. The number of halogens is 1. The monoisotopic (exact) mass is 225 g/mol. The lowest BCUT2D eigenvalue weighted by molar-refractivity contribution is 0.0929. The zero-order valence-electron chi connectivity index (χ0n) is 10.2. The van der Waals surface area contributed by atoms with Gasteiger partial charge in [-0.25, -0.2) is 4.39 Å². The predicted octanol–water partition coefficient (Wildman–Crippen LogP) is 2.45. The molecule has 1 N–H and O–H groups in total. The first-order valence-corrected chi connectivity index (χ1v) is 5.67. The minimum atomic E-state index is -0.741. The van der Waals surface area contributed by atoms with Gasteiger partial charge in [-0.15, -0.1) is 0 Å². The topological polar surface area (TPSA) is 23.5 Å². The molecule has 0 aromatic heterocycles. The van der Waals surface area contributed by atoms with Crippen molar-refractivity contribution in [1.82, 2.24) is 4.90 Å². The third-order valence-corrected chi connectivity index (χ3v) is 2.90. The molecule has 0 bridgehead atoms. The van der Waals surface area contributed by atoms with Gasteiger partial charge in [0.2, 0.25) is 0 Å². The van der Waals surface area contributed by atoms with Crippen LogP contribution in [0.1, 0.15) is 25.5 Å². The summed E-state index contributed by atoms with van der Waals surface area (Å²) in [6.45, 7) is 5.67. The molecule has 1 rings (SSSR count). The third kappa shape index (κ3) is 3.29. The van der Waals surface area contributed by atoms with E-state index in [1.807, 2.05) is 14.0 Å². The van der Waals surface area contributed by atoms with Crippen molar-refractivity contribution in [3.05, 3.63) is 35.6 Å². The highest BCUT2D eigenvalue weighted by Gasteiger charge is 2.20. The second-order valence-electron chi connectivity index (χ2n) is 4.30. The Kier molecular flexibility index (Phi) is 4.90. The zero-order chi connectivity index (χ0) is 12.1. The number of rotatable bonds is 5. The first kappa shape index (κ1) is 13.1. The highest BCUT2D eigenvalue weighted by Crippen LogP contribution is 2.24. The summed E-state index contributed by atoms with van der Waals surface area (Å²) in [6.07, 6.45) is -0.741. The van der Waals surface area contributed by atoms with Gasteiger partial charge in [-0.05, 0) is 25.6 Å². The number of hydrogen-bond donors (Lipinski definition) is 1. The quantitative estimate of drug-likeness (QED) is 0.832. The van der Waals surface area contributed by atoms with Crippen LogP contribution in [0.15, 0.2) is 24.3 Å². The van der Waals surface area contributed by atoms with Gasteiger partial charge in [0, 0.05) is 12.1 Å². The molecular weight excluding hydrogens is 205 g/mol. The summed E-state index contributed by atoms with van der Waals surface area (Å²) in [5.41, 5.74) is 0.388. The molecule has 0 fully saturated rings. The normalized spacial score (nSPS) is 15.1. The van der Waals surface area contributed by atoms with E-state index in [4.69, 9.17) is 0 Å². The van der Waals surface area contributed by atoms with E-state index >= 15 is 0 Å². The molecule has 0 aliphatic heterocycles. The Balaban J connectivity index is 2.70. The average molecular weight is 225 g/mol. The minimum absolute atomic E-state index is 0.0156. The lowest BCUT2D eigenvalue weighted by Crippen LogP contribution is -2.27. The molecule has 2 nitrogen and oxygen atoms in total. The van der Waals surface area contributed by atoms with Crippen LogP contribution in [0.5, 0.6) is 0 Å². The fourth-order valence-electron chi connectivity index (χ4n) is 1.74. The molecule has 1 aromatic carbocycles. The molecule has 0 saturated heterocycles. The van der Waals surface area contributed by atoms with Crippen molar-refractivity contribution < 1.29 is 9.50 Å². The predicted molar refractivity (Wildman–Crippen MR) is 63.7 cm³/mol. The van der Waals surface area contributed by atoms with Crippen LogP contribution in [0.3, 0.4) is 0 Å². The number of aliphatic hydroxyl groups is 1. The van der Waals surface area contributed by atoms with Crippen LogP contribution >= 0.6 is 0 Å². The molecule has 0 saturated carbocycles. The molecular formula is C13H20FNO. The molecule has 90 valence electrons. The highest BCUT2D eigenvalue weighted by atomic mass is 19.1. The Hall–Kier alpha value is -0.930. The van der Waals surface area contributed by atoms with Crippen LogP contribution in [0.2, 0.25) is 0 Å². The minimum Gasteiger partial charge on any atom is -0.388 e. The molecule has 16 heavy (non-hydrogen) atoms. The van der Waals surface area contributed by atoms with Gasteiger partial charge >= 0.3 is 0 Å². The summed E-state index contributed by atoms with van der Waals surface area (Å²) >= 11 is 0. The number of hydrogen-bond acceptors (Lipinski definition) is 2. The Bertz CT molecular complexity index is 329. The summed E-state index contributed by atoms with van der Waals surface area (Å²) in [4.78, 5) is 2.11. The average Bonchev–Trinajstić information content (AvgIpc) is 2.28. The second-order valence-corrected chi connectivity index (χ2v) is 4.30. The van der Waals surface area contributed by atoms with Crippen molar-refractivity contribution in [1.29, 1.82) is 0 Å². The maximum atomic E-state index is 13.4. The first-order valence-electron chi connectivity index (χ1n) is 5.67. The molecule has 2 unspecified atom stereocenters. The Labute approximate surface area is 96.7 Å². The third-order valence-electron chi connectivity index (χ3n) is 2.90. The smallest absolute Gasteiger partial charge is 0.129 e. The SMILES string of the molecule is CCN(C)CC(C)C(O)c1ccccc1F. The van der Waals surface area contributed by atoms with Crippen molar-refractivity contribution in [3.63, 3.8) is 0 Å². The van der Waals surface area contributed by atoms with Crippen LogP contribution in [0.25, 0.3) is 0 Å². The molecule has 1 aromatic rings. The maximum absolute atomic E-state index is 13.4. The fourth-order valence-corrected chi connectivity index (χ4v) is 1.74. The van der Waals surface area contributed by atoms with Gasteiger partial charge in [0.25, 0.3) is 0 Å². The van der Waals surface area contributed by atoms with Gasteiger partial charge in [-0.1, -0.05) is 32.0 Å². The van der Waals surface area contributed by atoms with Crippen molar-refractivity contribution >= 4 is 0 Å². The van der Waals surface area contributed by atoms with Gasteiger partial charge in [0.15, 0.2) is 0 Å². The lowest BCUT2D eigenvalue weighted by Gasteiger charge is -2.24. The molecule has 0 spiro atoms. The summed E-state index contributed by atoms with van der Waals surface area (Å²) in [7, 11) is 1.99. The van der Waals surface area contributed by atoms with Gasteiger partial charge in [0.05, 0.1) is 6.10 Å². The van der Waals surface area contributed by atoms with Crippen LogP contribution in [-0.2, 0) is 0 Å². The van der Waals surface area contributed by atoms with E-state index < -0.39 is 6.10 Å². The van der Waals surface area contributed by atoms with E-state index in [-0.39, 0.29) is 11.7 Å². The highest BCUT2D eigenvalue weighted by molar-refractivity contribution is 5.20. The lowest BCUT2D eigenvalue weighted by atomic mass is 9.96. The Morgan fingerprint density at radius 2 is 2.00 bits per heavy atom. The van der Waals surface area contributed by atoms with Crippen LogP contribution in [-0.4, -0.2) is 30.1 Å². The second kappa shape index (κ2) is 5.97. The summed E-state index contributed by atoms with van der Waals surface area (Å²) in [6, 6.07) is 6.41. The number of benzene rings is 1. The zero-order valence-corrected chi connectivity index (χ0v) is 10.2. The molecule has 2 atom stereocenters. The van der Waals surface area contributed by atoms with Gasteiger partial charge in [-0.3, -0.25) is 0 Å². The molecule has 0 aliphatic carbocycles. The maximum Gasteiger partial charge on any atom is 0.129 e. The first-order chi connectivity index (χ1) is 7.56. The van der Waals surface area contributed by atoms with E-state index in [0.717, 1.165) is 13.1 Å². The Morgan fingerprint density at radius 1 is 1.38 bits per heavy atom. The summed E-state index contributed by atoms with van der Waals surface area (Å²) in [5, 5.41) is 10.0. The van der Waals surface area contributed by atoms with Crippen molar-refractivity contribution in [2.75, 3.05) is 20.1 Å². The van der Waals surface area contributed by atoms with E-state index in [1.165, 1.54) is 6.07 Å². The fraction of sp³-hybridized carbons (Fsp3) is 0.538. The number of aliphatic hydroxyl groups excluding tert-OH is 1. The van der Waals surface area contributed by atoms with Crippen LogP contribution in [0, 0.1) is 11.7 Å². The molecule has 0 amide bonds. The van der Waals surface area contributed by atoms with Crippen molar-refractivity contribution in [2.24, 2.45) is 5.92 Å². The molecule has 3 heteroatoms. The molecule has 0 heterocycles. The van der Waals surface area contributed by atoms with E-state index in [9.17, 15) is 9.50 Å². The number of nitrogens with zero attached hydrogens (tertiary/aromatic N) is 1. The largest absolute Gasteiger partial charge is 0.388 e. The van der Waals surface area contributed by atoms with Gasteiger partial charge < -0.3 is 10.0 Å². The standard InChI is InChI=1S/C13H20FNO/c1-4-15(3)9-10(2)13(16)11-7-5-6-8-12(11)14/h5-8,10,13,16H,4,9H2,1-3H3. The van der Waals surface area contributed by atoms with Crippen molar-refractivity contribution in [3.8, 4) is 0 Å². The van der Waals surface area contributed by atoms with Crippen molar-refractivity contribution in [2.45, 2.75) is 20.0 Å². The van der Waals surface area contributed by atoms with Crippen LogP contribution in [0.4, 0.5) is 4.39 Å². The molecule has 0 radical (unpaired) electrons. The molecule has 0 aliphatic rings. The van der Waals surface area contributed by atoms with Gasteiger partial charge in [-0.2, -0.15) is 0 Å². The van der Waals surface area contributed by atoms with E-state index in [2.05, 4.69) is 11.8 Å². The van der Waals surface area contributed by atoms with E-state index in [0.29, 0.717) is 5.56 Å². The summed E-state index contributed by atoms with van der Waals surface area (Å²) < 4.78 is 13.4. The van der Waals surface area contributed by atoms with E-state index in [1.54, 1.807) is 18.2 Å². The van der Waals surface area contributed by atoms with Gasteiger partial charge in [0.1, 0.15) is 5.82 Å².